The second kappa shape index (κ2) is 18.4. The molecule has 0 radical (unpaired) electrons. The molecule has 0 aromatic heterocycles. The van der Waals surface area contributed by atoms with Crippen molar-refractivity contribution in [1.29, 1.82) is 0 Å². The minimum atomic E-state index is 0. The van der Waals surface area contributed by atoms with Gasteiger partial charge in [0.2, 0.25) is 0 Å². The first-order chi connectivity index (χ1) is 0. The molecule has 0 rings (SSSR count). The van der Waals surface area contributed by atoms with Crippen molar-refractivity contribution >= 4 is 73.3 Å². The molecule has 4 heteroatoms. The van der Waals surface area contributed by atoms with Crippen molar-refractivity contribution < 1.29 is 5.48 Å². The van der Waals surface area contributed by atoms with Gasteiger partial charge < -0.3 is 5.48 Å². The summed E-state index contributed by atoms with van der Waals surface area (Å²) in [6.45, 7) is 0. The van der Waals surface area contributed by atoms with Crippen LogP contribution in [-0.4, -0.2) is 54.8 Å². The minimum absolute atomic E-state index is 0. The van der Waals surface area contributed by atoms with E-state index in [0.29, 0.717) is 0 Å². The van der Waals surface area contributed by atoms with Crippen molar-refractivity contribution in [1.82, 2.24) is 0 Å². The molecule has 0 aromatic rings. The quantitative estimate of drug-likeness (QED) is 0.346. The van der Waals surface area contributed by atoms with E-state index in [4.69, 9.17) is 0 Å². The van der Waals surface area contributed by atoms with Gasteiger partial charge in [-0.2, -0.15) is 0 Å². The molecule has 1 nitrogen and oxygen atoms in total. The van der Waals surface area contributed by atoms with E-state index in [9.17, 15) is 0 Å². The summed E-state index contributed by atoms with van der Waals surface area (Å²) in [5.74, 6) is 0. The Labute approximate surface area is 77.6 Å². The van der Waals surface area contributed by atoms with Gasteiger partial charge in [0.15, 0.2) is 0 Å². The molecule has 0 heterocycles. The molecule has 4 heavy (non-hydrogen) atoms. The van der Waals surface area contributed by atoms with Gasteiger partial charge >= 0.3 is 49.3 Å². The summed E-state index contributed by atoms with van der Waals surface area (Å²) in [4.78, 5) is 0. The average molecular weight is 243 g/mol. The van der Waals surface area contributed by atoms with Crippen LogP contribution in [0.5, 0.6) is 0 Å². The fourth-order valence-corrected chi connectivity index (χ4v) is 0. The van der Waals surface area contributed by atoms with E-state index in [1.807, 2.05) is 0 Å². The fraction of sp³-hybridized carbons (Fsp3) is 0. The molecule has 2 N–H and O–H groups in total. The van der Waals surface area contributed by atoms with Crippen LogP contribution in [0.3, 0.4) is 0 Å². The summed E-state index contributed by atoms with van der Waals surface area (Å²) in [7, 11) is 0. The van der Waals surface area contributed by atoms with Gasteiger partial charge in [0.1, 0.15) is 0 Å². The van der Waals surface area contributed by atoms with Crippen LogP contribution < -0.4 is 0 Å². The van der Waals surface area contributed by atoms with Gasteiger partial charge in [0, 0.05) is 0 Å². The van der Waals surface area contributed by atoms with Crippen LogP contribution in [0.2, 0.25) is 0 Å². The second-order valence-corrected chi connectivity index (χ2v) is 0. The van der Waals surface area contributed by atoms with E-state index < -0.39 is 0 Å². The first-order valence-corrected chi connectivity index (χ1v) is 0. The van der Waals surface area contributed by atoms with Gasteiger partial charge in [-0.05, 0) is 0 Å². The Kier molecular flexibility index (Phi) is 153. The van der Waals surface area contributed by atoms with Crippen molar-refractivity contribution in [2.45, 2.75) is 0 Å². The van der Waals surface area contributed by atoms with E-state index >= 15 is 0 Å². The van der Waals surface area contributed by atoms with Crippen LogP contribution in [0.15, 0.2) is 0 Å². The molecule has 0 aromatic carbocycles. The SMILES string of the molecule is I.O.[GaH3].[NaH]. The predicted octanol–water partition coefficient (Wildman–Crippen LogP) is -2.04. The maximum absolute atomic E-state index is 0. The predicted molar refractivity (Wildman–Crippen MR) is 36.1 cm³/mol. The number of hydrogen-bond donors (Lipinski definition) is 0. The summed E-state index contributed by atoms with van der Waals surface area (Å²) < 4.78 is 0. The summed E-state index contributed by atoms with van der Waals surface area (Å²) in [6.07, 6.45) is 0. The summed E-state index contributed by atoms with van der Waals surface area (Å²) >= 11 is 0. The standard InChI is InChI=1S/Ga.HI.Na.H2O.4H/h;1H;;1H2;;;;. The Morgan fingerprint density at radius 3 is 1.00 bits per heavy atom. The molecule has 0 aliphatic heterocycles. The third-order valence-electron chi connectivity index (χ3n) is 0. The van der Waals surface area contributed by atoms with Crippen molar-refractivity contribution in [2.24, 2.45) is 0 Å². The molecule has 24 valence electrons. The zero-order valence-electron chi connectivity index (χ0n) is 0.908. The van der Waals surface area contributed by atoms with E-state index in [1.54, 1.807) is 0 Å². The normalized spacial score (nSPS) is 0. The topological polar surface area (TPSA) is 31.5 Å². The third-order valence-corrected chi connectivity index (χ3v) is 0. The number of halogens is 1. The third kappa shape index (κ3) is 8.85. The van der Waals surface area contributed by atoms with Gasteiger partial charge in [-0.25, -0.2) is 0 Å². The van der Waals surface area contributed by atoms with Crippen LogP contribution in [-0.2, 0) is 0 Å². The van der Waals surface area contributed by atoms with Gasteiger partial charge in [-0.3, -0.25) is 0 Å². The molecule has 0 saturated heterocycles. The molecule has 0 aliphatic rings. The van der Waals surface area contributed by atoms with Crippen molar-refractivity contribution in [2.75, 3.05) is 0 Å². The molecule has 0 aliphatic carbocycles. The molecule has 0 bridgehead atoms. The Balaban J connectivity index is 0. The van der Waals surface area contributed by atoms with Crippen LogP contribution >= 0.6 is 24.0 Å². The van der Waals surface area contributed by atoms with E-state index in [-0.39, 0.29) is 78.8 Å². The van der Waals surface area contributed by atoms with Crippen LogP contribution in [0.25, 0.3) is 0 Å². The molecular weight excluding hydrogens is 236 g/mol. The van der Waals surface area contributed by atoms with E-state index in [2.05, 4.69) is 0 Å². The van der Waals surface area contributed by atoms with Gasteiger partial charge in [-0.15, -0.1) is 24.0 Å². The van der Waals surface area contributed by atoms with Crippen LogP contribution in [0, 0.1) is 0 Å². The second-order valence-electron chi connectivity index (χ2n) is 0. The summed E-state index contributed by atoms with van der Waals surface area (Å²) in [5.41, 5.74) is 0. The molecular formula is H7GaINaO. The van der Waals surface area contributed by atoms with Gasteiger partial charge in [0.05, 0.1) is 0 Å². The number of rotatable bonds is 0. The van der Waals surface area contributed by atoms with Crippen molar-refractivity contribution in [3.8, 4) is 0 Å². The molecule has 0 amide bonds. The van der Waals surface area contributed by atoms with Crippen LogP contribution in [0.1, 0.15) is 0 Å². The van der Waals surface area contributed by atoms with Crippen LogP contribution in [0.4, 0.5) is 0 Å². The Morgan fingerprint density at radius 2 is 1.00 bits per heavy atom. The zero-order valence-corrected chi connectivity index (χ0v) is 3.24. The fourth-order valence-electron chi connectivity index (χ4n) is 0. The monoisotopic (exact) mass is 242 g/mol. The first kappa shape index (κ1) is 33.2. The average Bonchev–Trinajstić information content (AvgIpc) is 0. The molecule has 0 fully saturated rings. The summed E-state index contributed by atoms with van der Waals surface area (Å²) in [6, 6.07) is 0. The van der Waals surface area contributed by atoms with E-state index in [0.717, 1.165) is 0 Å². The van der Waals surface area contributed by atoms with Gasteiger partial charge in [-0.1, -0.05) is 0 Å². The number of hydrogen-bond acceptors (Lipinski definition) is 0. The maximum atomic E-state index is 0. The Morgan fingerprint density at radius 1 is 1.00 bits per heavy atom. The summed E-state index contributed by atoms with van der Waals surface area (Å²) in [5, 5.41) is 0. The molecule has 0 saturated carbocycles. The molecule has 0 unspecified atom stereocenters. The molecule has 0 spiro atoms. The molecule has 0 atom stereocenters. The van der Waals surface area contributed by atoms with E-state index in [1.165, 1.54) is 0 Å². The first-order valence-electron chi connectivity index (χ1n) is 0. The Bertz CT molecular complexity index is 8.00. The van der Waals surface area contributed by atoms with Crippen molar-refractivity contribution in [3.63, 3.8) is 0 Å². The Hall–Kier alpha value is 2.33. The zero-order chi connectivity index (χ0) is 0. The van der Waals surface area contributed by atoms with Crippen molar-refractivity contribution in [3.05, 3.63) is 0 Å². The van der Waals surface area contributed by atoms with Gasteiger partial charge in [0.25, 0.3) is 0 Å².